The molecule has 0 bridgehead atoms. The molecule has 0 fully saturated rings. The summed E-state index contributed by atoms with van der Waals surface area (Å²) in [5.74, 6) is 0.740. The molecule has 0 N–H and O–H groups in total. The van der Waals surface area contributed by atoms with Gasteiger partial charge < -0.3 is 4.74 Å². The van der Waals surface area contributed by atoms with Gasteiger partial charge in [-0.05, 0) is 18.6 Å². The zero-order chi connectivity index (χ0) is 12.5. The Hall–Kier alpha value is -1.20. The minimum Gasteiger partial charge on any atom is -0.494 e. The number of nitriles is 1. The second-order valence-corrected chi connectivity index (χ2v) is 4.42. The average Bonchev–Trinajstić information content (AvgIpc) is 2.34. The standard InChI is InChI=1S/C14H18ClNO/c1-2-3-4-5-6-9-17-13-8-7-12(11-16)14(15)10-13/h7-8,10H,2-6,9H2,1H3. The van der Waals surface area contributed by atoms with Crippen LogP contribution in [0.1, 0.15) is 44.6 Å². The molecule has 0 spiro atoms. The topological polar surface area (TPSA) is 33.0 Å². The Labute approximate surface area is 108 Å². The van der Waals surface area contributed by atoms with E-state index in [0.29, 0.717) is 17.2 Å². The first-order valence-corrected chi connectivity index (χ1v) is 6.48. The van der Waals surface area contributed by atoms with Crippen molar-refractivity contribution in [3.63, 3.8) is 0 Å². The fourth-order valence-corrected chi connectivity index (χ4v) is 1.78. The quantitative estimate of drug-likeness (QED) is 0.666. The highest BCUT2D eigenvalue weighted by Gasteiger charge is 2.01. The second-order valence-electron chi connectivity index (χ2n) is 4.02. The smallest absolute Gasteiger partial charge is 0.120 e. The molecule has 0 amide bonds. The van der Waals surface area contributed by atoms with Crippen LogP contribution in [0, 0.1) is 11.3 Å². The van der Waals surface area contributed by atoms with Gasteiger partial charge in [-0.1, -0.05) is 44.2 Å². The van der Waals surface area contributed by atoms with Crippen molar-refractivity contribution in [1.29, 1.82) is 5.26 Å². The van der Waals surface area contributed by atoms with Crippen LogP contribution >= 0.6 is 11.6 Å². The Morgan fingerprint density at radius 1 is 1.24 bits per heavy atom. The molecule has 0 aliphatic rings. The molecule has 1 rings (SSSR count). The second kappa shape index (κ2) is 7.97. The van der Waals surface area contributed by atoms with Crippen LogP contribution in [0.4, 0.5) is 0 Å². The molecule has 3 heteroatoms. The van der Waals surface area contributed by atoms with Crippen LogP contribution < -0.4 is 4.74 Å². The van der Waals surface area contributed by atoms with Crippen LogP contribution in [0.15, 0.2) is 18.2 Å². The molecular formula is C14H18ClNO. The van der Waals surface area contributed by atoms with Crippen LogP contribution in [0.5, 0.6) is 5.75 Å². The number of rotatable bonds is 7. The Morgan fingerprint density at radius 3 is 2.65 bits per heavy atom. The Morgan fingerprint density at radius 2 is 2.00 bits per heavy atom. The van der Waals surface area contributed by atoms with Crippen LogP contribution in [-0.4, -0.2) is 6.61 Å². The maximum absolute atomic E-state index is 8.73. The fourth-order valence-electron chi connectivity index (χ4n) is 1.57. The first-order valence-electron chi connectivity index (χ1n) is 6.10. The van der Waals surface area contributed by atoms with Crippen LogP contribution in [0.25, 0.3) is 0 Å². The normalized spacial score (nSPS) is 9.94. The highest BCUT2D eigenvalue weighted by Crippen LogP contribution is 2.22. The molecule has 2 nitrogen and oxygen atoms in total. The monoisotopic (exact) mass is 251 g/mol. The van der Waals surface area contributed by atoms with E-state index in [1.165, 1.54) is 25.7 Å². The van der Waals surface area contributed by atoms with Gasteiger partial charge in [0.15, 0.2) is 0 Å². The van der Waals surface area contributed by atoms with E-state index in [9.17, 15) is 0 Å². The summed E-state index contributed by atoms with van der Waals surface area (Å²) >= 11 is 5.91. The first kappa shape index (κ1) is 13.9. The van der Waals surface area contributed by atoms with Crippen LogP contribution in [-0.2, 0) is 0 Å². The fraction of sp³-hybridized carbons (Fsp3) is 0.500. The lowest BCUT2D eigenvalue weighted by molar-refractivity contribution is 0.304. The van der Waals surface area contributed by atoms with E-state index in [1.807, 2.05) is 6.07 Å². The van der Waals surface area contributed by atoms with Crippen LogP contribution in [0.3, 0.4) is 0 Å². The number of hydrogen-bond donors (Lipinski definition) is 0. The molecule has 0 atom stereocenters. The van der Waals surface area contributed by atoms with Crippen molar-refractivity contribution in [1.82, 2.24) is 0 Å². The minimum atomic E-state index is 0.455. The summed E-state index contributed by atoms with van der Waals surface area (Å²) in [6, 6.07) is 7.20. The lowest BCUT2D eigenvalue weighted by atomic mass is 10.2. The number of hydrogen-bond acceptors (Lipinski definition) is 2. The van der Waals surface area contributed by atoms with Gasteiger partial charge >= 0.3 is 0 Å². The maximum Gasteiger partial charge on any atom is 0.120 e. The zero-order valence-electron chi connectivity index (χ0n) is 10.2. The molecule has 17 heavy (non-hydrogen) atoms. The lowest BCUT2D eigenvalue weighted by Gasteiger charge is -2.06. The van der Waals surface area contributed by atoms with Gasteiger partial charge in [0, 0.05) is 6.07 Å². The van der Waals surface area contributed by atoms with Crippen LogP contribution in [0.2, 0.25) is 5.02 Å². The molecular weight excluding hydrogens is 234 g/mol. The van der Waals surface area contributed by atoms with Gasteiger partial charge in [-0.25, -0.2) is 0 Å². The van der Waals surface area contributed by atoms with E-state index in [-0.39, 0.29) is 0 Å². The summed E-state index contributed by atoms with van der Waals surface area (Å²) < 4.78 is 5.57. The number of unbranched alkanes of at least 4 members (excludes halogenated alkanes) is 4. The van der Waals surface area contributed by atoms with Gasteiger partial charge in [0.25, 0.3) is 0 Å². The predicted octanol–water partition coefficient (Wildman–Crippen LogP) is 4.56. The summed E-state index contributed by atoms with van der Waals surface area (Å²) in [6.07, 6.45) is 6.10. The number of ether oxygens (including phenoxy) is 1. The summed E-state index contributed by atoms with van der Waals surface area (Å²) in [7, 11) is 0. The molecule has 0 heterocycles. The summed E-state index contributed by atoms with van der Waals surface area (Å²) in [5.41, 5.74) is 0.488. The largest absolute Gasteiger partial charge is 0.494 e. The van der Waals surface area contributed by atoms with Crippen molar-refractivity contribution in [3.8, 4) is 11.8 Å². The Balaban J connectivity index is 2.28. The van der Waals surface area contributed by atoms with E-state index in [1.54, 1.807) is 18.2 Å². The third-order valence-corrected chi connectivity index (χ3v) is 2.89. The summed E-state index contributed by atoms with van der Waals surface area (Å²) in [5, 5.41) is 9.19. The van der Waals surface area contributed by atoms with Crippen molar-refractivity contribution >= 4 is 11.6 Å². The molecule has 1 aromatic carbocycles. The maximum atomic E-state index is 8.73. The van der Waals surface area contributed by atoms with Crippen molar-refractivity contribution < 1.29 is 4.74 Å². The van der Waals surface area contributed by atoms with E-state index < -0.39 is 0 Å². The summed E-state index contributed by atoms with van der Waals surface area (Å²) in [6.45, 7) is 2.92. The van der Waals surface area contributed by atoms with Gasteiger partial charge in [0.2, 0.25) is 0 Å². The average molecular weight is 252 g/mol. The van der Waals surface area contributed by atoms with Gasteiger partial charge in [0.05, 0.1) is 17.2 Å². The molecule has 0 saturated heterocycles. The van der Waals surface area contributed by atoms with Crippen molar-refractivity contribution in [2.75, 3.05) is 6.61 Å². The van der Waals surface area contributed by atoms with Crippen molar-refractivity contribution in [3.05, 3.63) is 28.8 Å². The van der Waals surface area contributed by atoms with Gasteiger partial charge in [0.1, 0.15) is 11.8 Å². The first-order chi connectivity index (χ1) is 8.27. The third-order valence-electron chi connectivity index (χ3n) is 2.58. The molecule has 0 unspecified atom stereocenters. The van der Waals surface area contributed by atoms with E-state index in [2.05, 4.69) is 6.92 Å². The van der Waals surface area contributed by atoms with Gasteiger partial charge in [-0.15, -0.1) is 0 Å². The number of halogens is 1. The van der Waals surface area contributed by atoms with E-state index in [0.717, 1.165) is 12.2 Å². The molecule has 1 aromatic rings. The number of benzene rings is 1. The molecule has 0 aliphatic carbocycles. The molecule has 92 valence electrons. The zero-order valence-corrected chi connectivity index (χ0v) is 11.0. The minimum absolute atomic E-state index is 0.455. The Kier molecular flexibility index (Phi) is 6.50. The highest BCUT2D eigenvalue weighted by molar-refractivity contribution is 6.31. The lowest BCUT2D eigenvalue weighted by Crippen LogP contribution is -1.97. The molecule has 0 aromatic heterocycles. The number of nitrogens with zero attached hydrogens (tertiary/aromatic N) is 1. The highest BCUT2D eigenvalue weighted by atomic mass is 35.5. The Bertz CT molecular complexity index is 384. The van der Waals surface area contributed by atoms with E-state index >= 15 is 0 Å². The predicted molar refractivity (Wildman–Crippen MR) is 70.4 cm³/mol. The third kappa shape index (κ3) is 5.10. The van der Waals surface area contributed by atoms with Crippen molar-refractivity contribution in [2.45, 2.75) is 39.0 Å². The summed E-state index contributed by atoms with van der Waals surface area (Å²) in [4.78, 5) is 0. The van der Waals surface area contributed by atoms with Gasteiger partial charge in [-0.3, -0.25) is 0 Å². The van der Waals surface area contributed by atoms with E-state index in [4.69, 9.17) is 21.6 Å². The molecule has 0 radical (unpaired) electrons. The SMILES string of the molecule is CCCCCCCOc1ccc(C#N)c(Cl)c1. The van der Waals surface area contributed by atoms with Crippen molar-refractivity contribution in [2.24, 2.45) is 0 Å². The van der Waals surface area contributed by atoms with Gasteiger partial charge in [-0.2, -0.15) is 5.26 Å². The molecule has 0 aliphatic heterocycles. The molecule has 0 saturated carbocycles.